The molecule has 3 aromatic carbocycles. The molecular formula is C30H34N2O5. The molecule has 2 amide bonds. The van der Waals surface area contributed by atoms with Crippen molar-refractivity contribution < 1.29 is 24.2 Å². The first-order chi connectivity index (χ1) is 17.6. The first kappa shape index (κ1) is 27.5. The third-order valence-electron chi connectivity index (χ3n) is 5.68. The molecular weight excluding hydrogens is 468 g/mol. The van der Waals surface area contributed by atoms with E-state index in [-0.39, 0.29) is 19.4 Å². The quantitative estimate of drug-likeness (QED) is 0.413. The third-order valence-corrected chi connectivity index (χ3v) is 5.68. The standard InChI is InChI=1S/C30H34N2O5/c1-30(2,3)37-29(36)31-25(19-22-13-7-4-8-14-22)27(33)32(21-24-17-11-6-12-18-24)26(28(34)35)20-23-15-9-5-10-16-23/h4-18,25-26H,19-21H2,1-3H3,(H,31,36)(H,34,35)/t25-,26-/m0/s1. The number of aliphatic carboxylic acids is 1. The molecule has 0 unspecified atom stereocenters. The Morgan fingerprint density at radius 2 is 1.24 bits per heavy atom. The van der Waals surface area contributed by atoms with Gasteiger partial charge in [0.05, 0.1) is 0 Å². The molecule has 0 aromatic heterocycles. The molecule has 0 bridgehead atoms. The first-order valence-corrected chi connectivity index (χ1v) is 12.3. The zero-order valence-electron chi connectivity index (χ0n) is 21.5. The van der Waals surface area contributed by atoms with Crippen molar-refractivity contribution in [2.24, 2.45) is 0 Å². The van der Waals surface area contributed by atoms with Gasteiger partial charge in [0.25, 0.3) is 0 Å². The minimum absolute atomic E-state index is 0.0742. The average molecular weight is 503 g/mol. The van der Waals surface area contributed by atoms with Crippen LogP contribution < -0.4 is 5.32 Å². The molecule has 37 heavy (non-hydrogen) atoms. The van der Waals surface area contributed by atoms with Crippen LogP contribution in [0.4, 0.5) is 4.79 Å². The van der Waals surface area contributed by atoms with Gasteiger partial charge in [0.15, 0.2) is 0 Å². The van der Waals surface area contributed by atoms with Crippen molar-refractivity contribution in [2.75, 3.05) is 0 Å². The highest BCUT2D eigenvalue weighted by Crippen LogP contribution is 2.18. The predicted molar refractivity (Wildman–Crippen MR) is 142 cm³/mol. The van der Waals surface area contributed by atoms with Gasteiger partial charge < -0.3 is 20.1 Å². The zero-order valence-corrected chi connectivity index (χ0v) is 21.5. The summed E-state index contributed by atoms with van der Waals surface area (Å²) in [4.78, 5) is 40.7. The van der Waals surface area contributed by atoms with Crippen molar-refractivity contribution in [3.05, 3.63) is 108 Å². The molecule has 0 heterocycles. The molecule has 0 aliphatic rings. The number of nitrogens with zero attached hydrogens (tertiary/aromatic N) is 1. The van der Waals surface area contributed by atoms with Crippen molar-refractivity contribution in [3.63, 3.8) is 0 Å². The SMILES string of the molecule is CC(C)(C)OC(=O)N[C@@H](Cc1ccccc1)C(=O)N(Cc1ccccc1)[C@@H](Cc1ccccc1)C(=O)O. The Labute approximate surface area is 218 Å². The fourth-order valence-corrected chi connectivity index (χ4v) is 3.99. The average Bonchev–Trinajstić information content (AvgIpc) is 2.86. The van der Waals surface area contributed by atoms with E-state index in [0.29, 0.717) is 0 Å². The molecule has 0 aliphatic heterocycles. The number of ether oxygens (including phenoxy) is 1. The summed E-state index contributed by atoms with van der Waals surface area (Å²) in [6.07, 6.45) is -0.433. The van der Waals surface area contributed by atoms with Gasteiger partial charge in [-0.15, -0.1) is 0 Å². The molecule has 0 spiro atoms. The Kier molecular flexibility index (Phi) is 9.44. The highest BCUT2D eigenvalue weighted by molar-refractivity contribution is 5.89. The van der Waals surface area contributed by atoms with E-state index >= 15 is 0 Å². The predicted octanol–water partition coefficient (Wildman–Crippen LogP) is 4.85. The highest BCUT2D eigenvalue weighted by atomic mass is 16.6. The molecule has 2 atom stereocenters. The van der Waals surface area contributed by atoms with E-state index in [9.17, 15) is 19.5 Å². The molecule has 0 fully saturated rings. The normalized spacial score (nSPS) is 12.7. The molecule has 0 saturated carbocycles. The Morgan fingerprint density at radius 1 is 0.784 bits per heavy atom. The maximum Gasteiger partial charge on any atom is 0.408 e. The molecule has 2 N–H and O–H groups in total. The molecule has 194 valence electrons. The van der Waals surface area contributed by atoms with E-state index in [1.54, 1.807) is 20.8 Å². The van der Waals surface area contributed by atoms with Crippen LogP contribution >= 0.6 is 0 Å². The van der Waals surface area contributed by atoms with Crippen molar-refractivity contribution in [3.8, 4) is 0 Å². The lowest BCUT2D eigenvalue weighted by Crippen LogP contribution is -2.55. The molecule has 7 nitrogen and oxygen atoms in total. The maximum absolute atomic E-state index is 14.1. The van der Waals surface area contributed by atoms with Gasteiger partial charge in [0.2, 0.25) is 5.91 Å². The number of carbonyl (C=O) groups is 3. The topological polar surface area (TPSA) is 95.9 Å². The van der Waals surface area contributed by atoms with E-state index in [1.807, 2.05) is 91.0 Å². The Hall–Kier alpha value is -4.13. The monoisotopic (exact) mass is 502 g/mol. The molecule has 3 aromatic rings. The lowest BCUT2D eigenvalue weighted by molar-refractivity contribution is -0.151. The van der Waals surface area contributed by atoms with E-state index in [1.165, 1.54) is 4.90 Å². The minimum Gasteiger partial charge on any atom is -0.480 e. The fraction of sp³-hybridized carbons (Fsp3) is 0.300. The van der Waals surface area contributed by atoms with Gasteiger partial charge in [-0.2, -0.15) is 0 Å². The molecule has 0 saturated heterocycles. The molecule has 7 heteroatoms. The number of carboxylic acid groups (broad SMARTS) is 1. The summed E-state index contributed by atoms with van der Waals surface area (Å²) >= 11 is 0. The second-order valence-corrected chi connectivity index (χ2v) is 9.88. The van der Waals surface area contributed by atoms with Crippen LogP contribution in [0.25, 0.3) is 0 Å². The lowest BCUT2D eigenvalue weighted by Gasteiger charge is -2.33. The van der Waals surface area contributed by atoms with Crippen LogP contribution in [0.2, 0.25) is 0 Å². The minimum atomic E-state index is -1.14. The van der Waals surface area contributed by atoms with Crippen LogP contribution in [0.15, 0.2) is 91.0 Å². The second kappa shape index (κ2) is 12.7. The van der Waals surface area contributed by atoms with Crippen LogP contribution in [0.3, 0.4) is 0 Å². The van der Waals surface area contributed by atoms with Crippen LogP contribution in [-0.4, -0.2) is 45.7 Å². The summed E-state index contributed by atoms with van der Waals surface area (Å²) < 4.78 is 5.42. The summed E-state index contributed by atoms with van der Waals surface area (Å²) in [7, 11) is 0. The van der Waals surface area contributed by atoms with Gasteiger partial charge in [-0.25, -0.2) is 9.59 Å². The Morgan fingerprint density at radius 3 is 1.70 bits per heavy atom. The molecule has 3 rings (SSSR count). The number of hydrogen-bond donors (Lipinski definition) is 2. The third kappa shape index (κ3) is 8.79. The van der Waals surface area contributed by atoms with Gasteiger partial charge in [-0.1, -0.05) is 91.0 Å². The summed E-state index contributed by atoms with van der Waals surface area (Å²) in [5, 5.41) is 12.9. The van der Waals surface area contributed by atoms with Crippen LogP contribution in [0.1, 0.15) is 37.5 Å². The number of carboxylic acids is 1. The largest absolute Gasteiger partial charge is 0.480 e. The summed E-state index contributed by atoms with van der Waals surface area (Å²) in [6.45, 7) is 5.29. The van der Waals surface area contributed by atoms with Gasteiger partial charge in [-0.3, -0.25) is 4.79 Å². The van der Waals surface area contributed by atoms with Crippen molar-refractivity contribution in [1.82, 2.24) is 10.2 Å². The zero-order chi connectivity index (χ0) is 26.8. The first-order valence-electron chi connectivity index (χ1n) is 12.3. The Balaban J connectivity index is 1.98. The van der Waals surface area contributed by atoms with Gasteiger partial charge in [0.1, 0.15) is 17.7 Å². The van der Waals surface area contributed by atoms with Crippen molar-refractivity contribution in [1.29, 1.82) is 0 Å². The number of rotatable bonds is 10. The number of alkyl carbamates (subject to hydrolysis) is 1. The number of amides is 2. The smallest absolute Gasteiger partial charge is 0.408 e. The van der Waals surface area contributed by atoms with E-state index in [4.69, 9.17) is 4.74 Å². The van der Waals surface area contributed by atoms with E-state index in [2.05, 4.69) is 5.32 Å². The number of nitrogens with one attached hydrogen (secondary N) is 1. The van der Waals surface area contributed by atoms with Gasteiger partial charge in [0, 0.05) is 19.4 Å². The molecule has 0 aliphatic carbocycles. The number of benzene rings is 3. The van der Waals surface area contributed by atoms with E-state index in [0.717, 1.165) is 16.7 Å². The summed E-state index contributed by atoms with van der Waals surface area (Å²) in [6, 6.07) is 25.5. The number of hydrogen-bond acceptors (Lipinski definition) is 4. The van der Waals surface area contributed by atoms with Crippen LogP contribution in [0.5, 0.6) is 0 Å². The highest BCUT2D eigenvalue weighted by Gasteiger charge is 2.35. The fourth-order valence-electron chi connectivity index (χ4n) is 3.99. The van der Waals surface area contributed by atoms with Crippen LogP contribution in [0, 0.1) is 0 Å². The van der Waals surface area contributed by atoms with E-state index < -0.39 is 35.7 Å². The molecule has 0 radical (unpaired) electrons. The van der Waals surface area contributed by atoms with Gasteiger partial charge >= 0.3 is 12.1 Å². The van der Waals surface area contributed by atoms with Crippen molar-refractivity contribution in [2.45, 2.75) is 57.8 Å². The maximum atomic E-state index is 14.1. The van der Waals surface area contributed by atoms with Crippen LogP contribution in [-0.2, 0) is 33.7 Å². The summed E-state index contributed by atoms with van der Waals surface area (Å²) in [5.41, 5.74) is 1.64. The Bertz CT molecular complexity index is 1160. The number of carbonyl (C=O) groups excluding carboxylic acids is 2. The van der Waals surface area contributed by atoms with Gasteiger partial charge in [-0.05, 0) is 37.5 Å². The lowest BCUT2D eigenvalue weighted by atomic mass is 10.00. The summed E-state index contributed by atoms with van der Waals surface area (Å²) in [5.74, 6) is -1.62. The van der Waals surface area contributed by atoms with Crippen molar-refractivity contribution >= 4 is 18.0 Å². The second-order valence-electron chi connectivity index (χ2n) is 9.88.